The van der Waals surface area contributed by atoms with E-state index in [4.69, 9.17) is 16.3 Å². The lowest BCUT2D eigenvalue weighted by Gasteiger charge is -2.19. The molecule has 10 heteroatoms. The standard InChI is InChI=1S/C17H19ClN2O5S2/c1-2-25-14-5-7-15(8-6-14)27(23,24)19-13-4-9-16(18)17(12-13)20-10-3-11-26(20,21)22/h4-9,12,19H,2-3,10-11H2,1H3. The van der Waals surface area contributed by atoms with E-state index in [1.54, 1.807) is 12.1 Å². The topological polar surface area (TPSA) is 92.8 Å². The largest absolute Gasteiger partial charge is 0.494 e. The Labute approximate surface area is 164 Å². The summed E-state index contributed by atoms with van der Waals surface area (Å²) in [5, 5.41) is 0.240. The first kappa shape index (κ1) is 19.8. The normalized spacial score (nSPS) is 16.3. The first-order chi connectivity index (χ1) is 12.7. The minimum Gasteiger partial charge on any atom is -0.494 e. The Hall–Kier alpha value is -1.97. The van der Waals surface area contributed by atoms with E-state index in [1.807, 2.05) is 6.92 Å². The summed E-state index contributed by atoms with van der Waals surface area (Å²) in [6, 6.07) is 10.4. The Balaban J connectivity index is 1.88. The zero-order valence-electron chi connectivity index (χ0n) is 14.6. The second kappa shape index (κ2) is 7.57. The van der Waals surface area contributed by atoms with Crippen molar-refractivity contribution >= 4 is 43.0 Å². The lowest BCUT2D eigenvalue weighted by Crippen LogP contribution is -2.25. The van der Waals surface area contributed by atoms with Crippen LogP contribution in [-0.2, 0) is 20.0 Å². The van der Waals surface area contributed by atoms with Gasteiger partial charge in [0.1, 0.15) is 5.75 Å². The number of hydrogen-bond donors (Lipinski definition) is 1. The maximum Gasteiger partial charge on any atom is 0.261 e. The fourth-order valence-corrected chi connectivity index (χ4v) is 5.66. The van der Waals surface area contributed by atoms with Crippen molar-refractivity contribution in [3.63, 3.8) is 0 Å². The second-order valence-corrected chi connectivity index (χ2v) is 10.0. The molecule has 0 aliphatic carbocycles. The third-order valence-corrected chi connectivity index (χ3v) is 7.58. The lowest BCUT2D eigenvalue weighted by molar-refractivity contribution is 0.340. The van der Waals surface area contributed by atoms with Gasteiger partial charge in [-0.3, -0.25) is 9.03 Å². The van der Waals surface area contributed by atoms with Crippen molar-refractivity contribution in [3.05, 3.63) is 47.5 Å². The second-order valence-electron chi connectivity index (χ2n) is 5.92. The summed E-state index contributed by atoms with van der Waals surface area (Å²) < 4.78 is 58.4. The summed E-state index contributed by atoms with van der Waals surface area (Å²) in [4.78, 5) is 0.0660. The molecule has 1 saturated heterocycles. The molecule has 1 fully saturated rings. The first-order valence-electron chi connectivity index (χ1n) is 8.28. The van der Waals surface area contributed by atoms with Crippen LogP contribution in [0.1, 0.15) is 13.3 Å². The molecule has 27 heavy (non-hydrogen) atoms. The van der Waals surface area contributed by atoms with Crippen LogP contribution < -0.4 is 13.8 Å². The van der Waals surface area contributed by atoms with Crippen LogP contribution in [0.4, 0.5) is 11.4 Å². The summed E-state index contributed by atoms with van der Waals surface area (Å²) in [5.41, 5.74) is 0.492. The van der Waals surface area contributed by atoms with Gasteiger partial charge < -0.3 is 4.74 Å². The van der Waals surface area contributed by atoms with Crippen molar-refractivity contribution in [3.8, 4) is 5.75 Å². The number of ether oxygens (including phenoxy) is 1. The number of benzene rings is 2. The Morgan fingerprint density at radius 3 is 2.48 bits per heavy atom. The van der Waals surface area contributed by atoms with Gasteiger partial charge in [0, 0.05) is 6.54 Å². The fraction of sp³-hybridized carbons (Fsp3) is 0.294. The van der Waals surface area contributed by atoms with E-state index >= 15 is 0 Å². The quantitative estimate of drug-likeness (QED) is 0.760. The summed E-state index contributed by atoms with van der Waals surface area (Å²) in [6.07, 6.45) is 0.501. The van der Waals surface area contributed by atoms with Crippen molar-refractivity contribution in [2.45, 2.75) is 18.2 Å². The smallest absolute Gasteiger partial charge is 0.261 e. The molecule has 1 aliphatic rings. The van der Waals surface area contributed by atoms with Crippen LogP contribution in [0, 0.1) is 0 Å². The molecule has 0 bridgehead atoms. The minimum atomic E-state index is -3.84. The van der Waals surface area contributed by atoms with Crippen LogP contribution in [-0.4, -0.2) is 35.7 Å². The number of nitrogens with zero attached hydrogens (tertiary/aromatic N) is 1. The molecular weight excluding hydrogens is 412 g/mol. The third kappa shape index (κ3) is 4.31. The molecule has 1 N–H and O–H groups in total. The predicted molar refractivity (Wildman–Crippen MR) is 106 cm³/mol. The fourth-order valence-electron chi connectivity index (χ4n) is 2.77. The van der Waals surface area contributed by atoms with Crippen LogP contribution in [0.25, 0.3) is 0 Å². The van der Waals surface area contributed by atoms with Crippen molar-refractivity contribution < 1.29 is 21.6 Å². The highest BCUT2D eigenvalue weighted by Crippen LogP contribution is 2.34. The van der Waals surface area contributed by atoms with E-state index in [9.17, 15) is 16.8 Å². The van der Waals surface area contributed by atoms with Gasteiger partial charge in [-0.2, -0.15) is 0 Å². The van der Waals surface area contributed by atoms with Crippen molar-refractivity contribution in [2.75, 3.05) is 27.9 Å². The zero-order valence-corrected chi connectivity index (χ0v) is 16.9. The Bertz CT molecular complexity index is 1040. The monoisotopic (exact) mass is 430 g/mol. The lowest BCUT2D eigenvalue weighted by atomic mass is 10.3. The maximum absolute atomic E-state index is 12.6. The highest BCUT2D eigenvalue weighted by atomic mass is 35.5. The third-order valence-electron chi connectivity index (χ3n) is 4.01. The van der Waals surface area contributed by atoms with E-state index in [1.165, 1.54) is 34.6 Å². The van der Waals surface area contributed by atoms with Crippen LogP contribution in [0.3, 0.4) is 0 Å². The van der Waals surface area contributed by atoms with E-state index in [2.05, 4.69) is 4.72 Å². The average Bonchev–Trinajstić information content (AvgIpc) is 2.96. The van der Waals surface area contributed by atoms with Gasteiger partial charge in [0.05, 0.1) is 33.7 Å². The number of rotatable bonds is 6. The number of anilines is 2. The van der Waals surface area contributed by atoms with Crippen molar-refractivity contribution in [1.82, 2.24) is 0 Å². The Morgan fingerprint density at radius 2 is 1.89 bits per heavy atom. The molecule has 1 aliphatic heterocycles. The molecule has 0 amide bonds. The molecule has 0 radical (unpaired) electrons. The Kier molecular flexibility index (Phi) is 5.55. The highest BCUT2D eigenvalue weighted by Gasteiger charge is 2.30. The van der Waals surface area contributed by atoms with Crippen LogP contribution >= 0.6 is 11.6 Å². The molecule has 146 valence electrons. The molecule has 0 aromatic heterocycles. The highest BCUT2D eigenvalue weighted by molar-refractivity contribution is 7.93. The van der Waals surface area contributed by atoms with Gasteiger partial charge in [0.15, 0.2) is 0 Å². The molecular formula is C17H19ClN2O5S2. The van der Waals surface area contributed by atoms with E-state index in [0.29, 0.717) is 25.3 Å². The van der Waals surface area contributed by atoms with Gasteiger partial charge in [-0.15, -0.1) is 0 Å². The molecule has 2 aromatic carbocycles. The summed E-state index contributed by atoms with van der Waals surface area (Å²) in [6.45, 7) is 2.64. The molecule has 7 nitrogen and oxygen atoms in total. The van der Waals surface area contributed by atoms with Gasteiger partial charge in [0.2, 0.25) is 10.0 Å². The van der Waals surface area contributed by atoms with Gasteiger partial charge in [-0.1, -0.05) is 11.6 Å². The maximum atomic E-state index is 12.6. The van der Waals surface area contributed by atoms with Gasteiger partial charge in [0.25, 0.3) is 10.0 Å². The molecule has 0 saturated carbocycles. The SMILES string of the molecule is CCOc1ccc(S(=O)(=O)Nc2ccc(Cl)c(N3CCCS3(=O)=O)c2)cc1. The molecule has 0 unspecified atom stereocenters. The van der Waals surface area contributed by atoms with Crippen LogP contribution in [0.15, 0.2) is 47.4 Å². The minimum absolute atomic E-state index is 0.0471. The van der Waals surface area contributed by atoms with Gasteiger partial charge in [-0.05, 0) is 55.8 Å². The number of hydrogen-bond acceptors (Lipinski definition) is 5. The molecule has 0 spiro atoms. The molecule has 1 heterocycles. The van der Waals surface area contributed by atoms with Gasteiger partial charge >= 0.3 is 0 Å². The predicted octanol–water partition coefficient (Wildman–Crippen LogP) is 3.08. The van der Waals surface area contributed by atoms with Crippen LogP contribution in [0.5, 0.6) is 5.75 Å². The molecule has 0 atom stereocenters. The van der Waals surface area contributed by atoms with Gasteiger partial charge in [-0.25, -0.2) is 16.8 Å². The molecule has 3 rings (SSSR count). The summed E-state index contributed by atoms with van der Waals surface area (Å²) in [5.74, 6) is 0.621. The van der Waals surface area contributed by atoms with E-state index in [-0.39, 0.29) is 27.0 Å². The number of halogens is 1. The zero-order chi connectivity index (χ0) is 19.7. The van der Waals surface area contributed by atoms with Crippen molar-refractivity contribution in [1.29, 1.82) is 0 Å². The number of sulfonamides is 2. The van der Waals surface area contributed by atoms with E-state index in [0.717, 1.165) is 0 Å². The van der Waals surface area contributed by atoms with E-state index < -0.39 is 20.0 Å². The molecule has 2 aromatic rings. The Morgan fingerprint density at radius 1 is 1.19 bits per heavy atom. The summed E-state index contributed by atoms with van der Waals surface area (Å²) in [7, 11) is -7.27. The van der Waals surface area contributed by atoms with Crippen LogP contribution in [0.2, 0.25) is 5.02 Å². The number of nitrogens with one attached hydrogen (secondary N) is 1. The first-order valence-corrected chi connectivity index (χ1v) is 11.8. The summed E-state index contributed by atoms with van der Waals surface area (Å²) >= 11 is 6.14. The average molecular weight is 431 g/mol. The van der Waals surface area contributed by atoms with Crippen molar-refractivity contribution in [2.24, 2.45) is 0 Å².